The fourth-order valence-electron chi connectivity index (χ4n) is 2.07. The molecule has 0 fully saturated rings. The van der Waals surface area contributed by atoms with Gasteiger partial charge in [-0.15, -0.1) is 0 Å². The van der Waals surface area contributed by atoms with Crippen LogP contribution in [-0.2, 0) is 0 Å². The first-order valence-electron chi connectivity index (χ1n) is 7.26. The van der Waals surface area contributed by atoms with Crippen molar-refractivity contribution >= 4 is 32.6 Å². The van der Waals surface area contributed by atoms with Crippen LogP contribution in [0.15, 0.2) is 42.5 Å². The van der Waals surface area contributed by atoms with E-state index in [0.717, 1.165) is 6.42 Å². The van der Waals surface area contributed by atoms with Crippen LogP contribution in [0, 0.1) is 5.82 Å². The van der Waals surface area contributed by atoms with Crippen molar-refractivity contribution < 1.29 is 13.9 Å². The van der Waals surface area contributed by atoms with Crippen LogP contribution < -0.4 is 10.1 Å². The Kier molecular flexibility index (Phi) is 4.52. The third kappa shape index (κ3) is 3.65. The summed E-state index contributed by atoms with van der Waals surface area (Å²) in [6.45, 7) is 2.63. The van der Waals surface area contributed by atoms with Crippen molar-refractivity contribution in [3.63, 3.8) is 0 Å². The highest BCUT2D eigenvalue weighted by Crippen LogP contribution is 2.27. The predicted molar refractivity (Wildman–Crippen MR) is 89.8 cm³/mol. The molecular formula is C17H15FN2O2S. The molecular weight excluding hydrogens is 315 g/mol. The number of benzene rings is 2. The highest BCUT2D eigenvalue weighted by atomic mass is 32.1. The highest BCUT2D eigenvalue weighted by Gasteiger charge is 2.11. The minimum atomic E-state index is -0.320. The number of fused-ring (bicyclic) bond motifs is 1. The molecule has 0 spiro atoms. The first-order chi connectivity index (χ1) is 11.2. The summed E-state index contributed by atoms with van der Waals surface area (Å²) in [5, 5.41) is 3.18. The normalized spacial score (nSPS) is 10.7. The minimum Gasteiger partial charge on any atom is -0.494 e. The van der Waals surface area contributed by atoms with Crippen molar-refractivity contribution in [2.24, 2.45) is 0 Å². The summed E-state index contributed by atoms with van der Waals surface area (Å²) >= 11 is 1.24. The van der Waals surface area contributed by atoms with Crippen LogP contribution in [0.1, 0.15) is 23.7 Å². The van der Waals surface area contributed by atoms with E-state index in [4.69, 9.17) is 4.74 Å². The van der Waals surface area contributed by atoms with Crippen LogP contribution in [0.4, 0.5) is 9.52 Å². The van der Waals surface area contributed by atoms with Crippen LogP contribution in [0.25, 0.3) is 10.2 Å². The molecule has 0 atom stereocenters. The molecule has 2 aromatic carbocycles. The molecule has 1 aromatic heterocycles. The van der Waals surface area contributed by atoms with Crippen molar-refractivity contribution in [3.05, 3.63) is 53.8 Å². The molecule has 23 heavy (non-hydrogen) atoms. The van der Waals surface area contributed by atoms with E-state index in [1.54, 1.807) is 24.3 Å². The van der Waals surface area contributed by atoms with Gasteiger partial charge in [0.1, 0.15) is 11.6 Å². The van der Waals surface area contributed by atoms with Crippen molar-refractivity contribution in [1.29, 1.82) is 0 Å². The van der Waals surface area contributed by atoms with Crippen LogP contribution in [-0.4, -0.2) is 17.5 Å². The van der Waals surface area contributed by atoms with Gasteiger partial charge in [0, 0.05) is 5.56 Å². The molecule has 0 aliphatic carbocycles. The molecule has 0 saturated heterocycles. The maximum Gasteiger partial charge on any atom is 0.257 e. The smallest absolute Gasteiger partial charge is 0.257 e. The molecule has 4 nitrogen and oxygen atoms in total. The van der Waals surface area contributed by atoms with Gasteiger partial charge in [-0.25, -0.2) is 9.37 Å². The molecule has 6 heteroatoms. The van der Waals surface area contributed by atoms with E-state index in [1.807, 2.05) is 13.0 Å². The van der Waals surface area contributed by atoms with Crippen LogP contribution >= 0.6 is 11.3 Å². The molecule has 3 rings (SSSR count). The summed E-state index contributed by atoms with van der Waals surface area (Å²) in [6.07, 6.45) is 0.901. The van der Waals surface area contributed by atoms with Gasteiger partial charge in [-0.2, -0.15) is 0 Å². The molecule has 3 aromatic rings. The number of carbonyl (C=O) groups is 1. The largest absolute Gasteiger partial charge is 0.494 e. The van der Waals surface area contributed by atoms with Gasteiger partial charge in [0.2, 0.25) is 0 Å². The first-order valence-corrected chi connectivity index (χ1v) is 8.07. The number of nitrogens with zero attached hydrogens (tertiary/aromatic N) is 1. The lowest BCUT2D eigenvalue weighted by atomic mass is 10.2. The van der Waals surface area contributed by atoms with E-state index in [2.05, 4.69) is 10.3 Å². The average Bonchev–Trinajstić information content (AvgIpc) is 2.94. The van der Waals surface area contributed by atoms with E-state index in [-0.39, 0.29) is 11.7 Å². The van der Waals surface area contributed by atoms with E-state index in [0.29, 0.717) is 33.3 Å². The van der Waals surface area contributed by atoms with Gasteiger partial charge in [-0.3, -0.25) is 10.1 Å². The van der Waals surface area contributed by atoms with Crippen LogP contribution in [0.5, 0.6) is 5.75 Å². The zero-order chi connectivity index (χ0) is 16.2. The average molecular weight is 330 g/mol. The topological polar surface area (TPSA) is 51.2 Å². The molecule has 1 heterocycles. The molecule has 1 N–H and O–H groups in total. The second-order valence-electron chi connectivity index (χ2n) is 4.96. The van der Waals surface area contributed by atoms with Crippen molar-refractivity contribution in [2.75, 3.05) is 11.9 Å². The van der Waals surface area contributed by atoms with E-state index in [1.165, 1.54) is 23.5 Å². The lowest BCUT2D eigenvalue weighted by Crippen LogP contribution is -2.11. The third-order valence-corrected chi connectivity index (χ3v) is 4.07. The number of ether oxygens (including phenoxy) is 1. The lowest BCUT2D eigenvalue weighted by molar-refractivity contribution is 0.102. The number of amides is 1. The summed E-state index contributed by atoms with van der Waals surface area (Å²) < 4.78 is 19.4. The molecule has 0 radical (unpaired) electrons. The zero-order valence-electron chi connectivity index (χ0n) is 12.5. The second kappa shape index (κ2) is 6.75. The lowest BCUT2D eigenvalue weighted by Gasteiger charge is -2.06. The van der Waals surface area contributed by atoms with Gasteiger partial charge >= 0.3 is 0 Å². The number of hydrogen-bond donors (Lipinski definition) is 1. The molecule has 1 amide bonds. The minimum absolute atomic E-state index is 0.272. The quantitative estimate of drug-likeness (QED) is 0.750. The van der Waals surface area contributed by atoms with Crippen LogP contribution in [0.2, 0.25) is 0 Å². The second-order valence-corrected chi connectivity index (χ2v) is 5.99. The first kappa shape index (κ1) is 15.4. The van der Waals surface area contributed by atoms with Crippen molar-refractivity contribution in [3.8, 4) is 5.75 Å². The monoisotopic (exact) mass is 330 g/mol. The Morgan fingerprint density at radius 2 is 2.17 bits per heavy atom. The standard InChI is InChI=1S/C17H15FN2O2S/c1-2-8-22-13-5-3-4-11(9-13)16(21)20-17-19-14-7-6-12(18)10-15(14)23-17/h3-7,9-10H,2,8H2,1H3,(H,19,20,21). The maximum atomic E-state index is 13.2. The van der Waals surface area contributed by atoms with Crippen molar-refractivity contribution in [1.82, 2.24) is 4.98 Å². The Hall–Kier alpha value is -2.47. The van der Waals surface area contributed by atoms with Gasteiger partial charge in [-0.05, 0) is 42.8 Å². The molecule has 118 valence electrons. The fraction of sp³-hybridized carbons (Fsp3) is 0.176. The number of aromatic nitrogens is 1. The fourth-order valence-corrected chi connectivity index (χ4v) is 2.95. The van der Waals surface area contributed by atoms with Crippen molar-refractivity contribution in [2.45, 2.75) is 13.3 Å². The number of anilines is 1. The molecule has 0 bridgehead atoms. The number of halogens is 1. The van der Waals surface area contributed by atoms with Gasteiger partial charge in [0.25, 0.3) is 5.91 Å². The predicted octanol–water partition coefficient (Wildman–Crippen LogP) is 4.48. The summed E-state index contributed by atoms with van der Waals surface area (Å²) in [5.74, 6) is 0.0668. The maximum absolute atomic E-state index is 13.2. The van der Waals surface area contributed by atoms with E-state index in [9.17, 15) is 9.18 Å². The van der Waals surface area contributed by atoms with Gasteiger partial charge in [0.15, 0.2) is 5.13 Å². The number of thiazole rings is 1. The van der Waals surface area contributed by atoms with E-state index < -0.39 is 0 Å². The molecule has 0 unspecified atom stereocenters. The Bertz CT molecular complexity index is 847. The Morgan fingerprint density at radius 3 is 3.00 bits per heavy atom. The third-order valence-electron chi connectivity index (χ3n) is 3.14. The van der Waals surface area contributed by atoms with E-state index >= 15 is 0 Å². The highest BCUT2D eigenvalue weighted by molar-refractivity contribution is 7.22. The van der Waals surface area contributed by atoms with Gasteiger partial charge < -0.3 is 4.74 Å². The zero-order valence-corrected chi connectivity index (χ0v) is 13.3. The molecule has 0 aliphatic rings. The number of nitrogens with one attached hydrogen (secondary N) is 1. The summed E-state index contributed by atoms with van der Waals surface area (Å²) in [6, 6.07) is 11.3. The van der Waals surface area contributed by atoms with Gasteiger partial charge in [0.05, 0.1) is 16.8 Å². The number of carbonyl (C=O) groups excluding carboxylic acids is 1. The van der Waals surface area contributed by atoms with Gasteiger partial charge in [-0.1, -0.05) is 24.3 Å². The summed E-state index contributed by atoms with van der Waals surface area (Å²) in [5.41, 5.74) is 1.15. The Balaban J connectivity index is 1.77. The summed E-state index contributed by atoms with van der Waals surface area (Å²) in [7, 11) is 0. The number of hydrogen-bond acceptors (Lipinski definition) is 4. The molecule has 0 aliphatic heterocycles. The molecule has 0 saturated carbocycles. The van der Waals surface area contributed by atoms with Crippen LogP contribution in [0.3, 0.4) is 0 Å². The Morgan fingerprint density at radius 1 is 1.30 bits per heavy atom. The summed E-state index contributed by atoms with van der Waals surface area (Å²) in [4.78, 5) is 16.6. The number of rotatable bonds is 5. The SMILES string of the molecule is CCCOc1cccc(C(=O)Nc2nc3ccc(F)cc3s2)c1. The Labute approximate surface area is 136 Å².